The van der Waals surface area contributed by atoms with Crippen LogP contribution >= 0.6 is 23.4 Å². The van der Waals surface area contributed by atoms with Crippen LogP contribution in [0.4, 0.5) is 5.69 Å². The topological polar surface area (TPSA) is 64.6 Å². The van der Waals surface area contributed by atoms with Crippen molar-refractivity contribution in [3.63, 3.8) is 0 Å². The molecule has 5 nitrogen and oxygen atoms in total. The molecule has 24 heavy (non-hydrogen) atoms. The molecule has 0 aliphatic rings. The third-order valence-electron chi connectivity index (χ3n) is 2.92. The molecule has 0 atom stereocenters. The van der Waals surface area contributed by atoms with Gasteiger partial charge in [0, 0.05) is 10.6 Å². The average molecular weight is 366 g/mol. The van der Waals surface area contributed by atoms with Gasteiger partial charge in [-0.05, 0) is 42.7 Å². The quantitative estimate of drug-likeness (QED) is 0.599. The van der Waals surface area contributed by atoms with E-state index in [0.717, 1.165) is 4.90 Å². The van der Waals surface area contributed by atoms with Crippen molar-refractivity contribution in [3.8, 4) is 5.75 Å². The highest BCUT2D eigenvalue weighted by Gasteiger charge is 2.10. The molecule has 0 unspecified atom stereocenters. The van der Waals surface area contributed by atoms with Crippen molar-refractivity contribution in [2.45, 2.75) is 4.90 Å². The molecule has 0 saturated carbocycles. The van der Waals surface area contributed by atoms with Crippen molar-refractivity contribution in [1.82, 2.24) is 0 Å². The molecule has 0 aliphatic heterocycles. The average Bonchev–Trinajstić information content (AvgIpc) is 2.60. The monoisotopic (exact) mass is 365 g/mol. The van der Waals surface area contributed by atoms with E-state index in [-0.39, 0.29) is 13.2 Å². The van der Waals surface area contributed by atoms with Crippen LogP contribution in [0, 0.1) is 0 Å². The Labute approximate surface area is 149 Å². The number of carbonyl (C=O) groups is 2. The highest BCUT2D eigenvalue weighted by atomic mass is 35.5. The molecule has 0 saturated heterocycles. The summed E-state index contributed by atoms with van der Waals surface area (Å²) in [6, 6.07) is 14.1. The Kier molecular flexibility index (Phi) is 6.96. The molecule has 0 heterocycles. The Balaban J connectivity index is 1.72. The van der Waals surface area contributed by atoms with Crippen LogP contribution in [0.5, 0.6) is 5.75 Å². The lowest BCUT2D eigenvalue weighted by molar-refractivity contribution is -0.149. The summed E-state index contributed by atoms with van der Waals surface area (Å²) in [7, 11) is 0. The zero-order valence-electron chi connectivity index (χ0n) is 13.0. The van der Waals surface area contributed by atoms with E-state index in [0.29, 0.717) is 16.5 Å². The zero-order valence-corrected chi connectivity index (χ0v) is 14.5. The SMILES string of the molecule is CSc1ccc(NC(=O)COC(=O)COc2ccccc2Cl)cc1. The fraction of sp³-hybridized carbons (Fsp3) is 0.176. The van der Waals surface area contributed by atoms with Crippen molar-refractivity contribution in [2.24, 2.45) is 0 Å². The number of nitrogens with one attached hydrogen (secondary N) is 1. The molecule has 2 aromatic rings. The summed E-state index contributed by atoms with van der Waals surface area (Å²) in [5.74, 6) is -0.685. The summed E-state index contributed by atoms with van der Waals surface area (Å²) in [6.45, 7) is -0.700. The van der Waals surface area contributed by atoms with Crippen LogP contribution in [0.25, 0.3) is 0 Å². The minimum atomic E-state index is -0.650. The van der Waals surface area contributed by atoms with Crippen molar-refractivity contribution in [2.75, 3.05) is 24.8 Å². The van der Waals surface area contributed by atoms with E-state index in [1.165, 1.54) is 0 Å². The molecular formula is C17H16ClNO4S. The van der Waals surface area contributed by atoms with Crippen LogP contribution in [0.1, 0.15) is 0 Å². The van der Waals surface area contributed by atoms with Crippen LogP contribution in [-0.2, 0) is 14.3 Å². The van der Waals surface area contributed by atoms with Gasteiger partial charge in [0.05, 0.1) is 5.02 Å². The van der Waals surface area contributed by atoms with Gasteiger partial charge in [0.25, 0.3) is 5.91 Å². The van der Waals surface area contributed by atoms with Gasteiger partial charge >= 0.3 is 5.97 Å². The molecule has 0 radical (unpaired) electrons. The number of para-hydroxylation sites is 1. The van der Waals surface area contributed by atoms with Crippen LogP contribution in [-0.4, -0.2) is 31.3 Å². The Morgan fingerprint density at radius 2 is 1.79 bits per heavy atom. The van der Waals surface area contributed by atoms with Crippen molar-refractivity contribution in [1.29, 1.82) is 0 Å². The summed E-state index contributed by atoms with van der Waals surface area (Å²) in [6.07, 6.45) is 1.97. The minimum absolute atomic E-state index is 0.320. The summed E-state index contributed by atoms with van der Waals surface area (Å²) in [5, 5.41) is 3.04. The van der Waals surface area contributed by atoms with Crippen molar-refractivity contribution >= 4 is 40.9 Å². The first-order valence-corrected chi connectivity index (χ1v) is 8.65. The highest BCUT2D eigenvalue weighted by molar-refractivity contribution is 7.98. The number of thioether (sulfide) groups is 1. The molecule has 0 bridgehead atoms. The van der Waals surface area contributed by atoms with Crippen LogP contribution in [0.15, 0.2) is 53.4 Å². The van der Waals surface area contributed by atoms with Gasteiger partial charge in [-0.15, -0.1) is 11.8 Å². The van der Waals surface area contributed by atoms with Gasteiger partial charge in [0.1, 0.15) is 5.75 Å². The number of hydrogen-bond acceptors (Lipinski definition) is 5. The predicted octanol–water partition coefficient (Wildman–Crippen LogP) is 3.62. The van der Waals surface area contributed by atoms with E-state index < -0.39 is 11.9 Å². The number of ether oxygens (including phenoxy) is 2. The summed E-state index contributed by atoms with van der Waals surface area (Å²) in [5.41, 5.74) is 0.640. The summed E-state index contributed by atoms with van der Waals surface area (Å²) < 4.78 is 10.1. The van der Waals surface area contributed by atoms with Crippen molar-refractivity contribution < 1.29 is 19.1 Å². The standard InChI is InChI=1S/C17H16ClNO4S/c1-24-13-8-6-12(7-9-13)19-16(20)10-23-17(21)11-22-15-5-3-2-4-14(15)18/h2-9H,10-11H2,1H3,(H,19,20). The first kappa shape index (κ1) is 18.2. The van der Waals surface area contributed by atoms with Gasteiger partial charge in [0.2, 0.25) is 0 Å². The number of anilines is 1. The molecule has 0 aliphatic carbocycles. The number of rotatable bonds is 7. The Morgan fingerprint density at radius 3 is 2.46 bits per heavy atom. The van der Waals surface area contributed by atoms with Gasteiger partial charge < -0.3 is 14.8 Å². The Morgan fingerprint density at radius 1 is 1.08 bits per heavy atom. The maximum Gasteiger partial charge on any atom is 0.344 e. The van der Waals surface area contributed by atoms with Gasteiger partial charge in [-0.1, -0.05) is 23.7 Å². The van der Waals surface area contributed by atoms with Crippen LogP contribution < -0.4 is 10.1 Å². The Hall–Kier alpha value is -2.18. The molecule has 1 amide bonds. The van der Waals surface area contributed by atoms with E-state index in [2.05, 4.69) is 5.32 Å². The third kappa shape index (κ3) is 5.79. The van der Waals surface area contributed by atoms with Crippen molar-refractivity contribution in [3.05, 3.63) is 53.6 Å². The highest BCUT2D eigenvalue weighted by Crippen LogP contribution is 2.22. The molecule has 126 valence electrons. The molecule has 0 aromatic heterocycles. The van der Waals surface area contributed by atoms with Crippen LogP contribution in [0.2, 0.25) is 5.02 Å². The first-order chi connectivity index (χ1) is 11.6. The van der Waals surface area contributed by atoms with E-state index in [9.17, 15) is 9.59 Å². The van der Waals surface area contributed by atoms with Gasteiger partial charge in [0.15, 0.2) is 13.2 Å². The second-order valence-electron chi connectivity index (χ2n) is 4.66. The maximum atomic E-state index is 11.7. The lowest BCUT2D eigenvalue weighted by atomic mass is 10.3. The van der Waals surface area contributed by atoms with Crippen LogP contribution in [0.3, 0.4) is 0 Å². The summed E-state index contributed by atoms with van der Waals surface area (Å²) >= 11 is 7.51. The largest absolute Gasteiger partial charge is 0.480 e. The van der Waals surface area contributed by atoms with E-state index in [1.807, 2.05) is 18.4 Å². The first-order valence-electron chi connectivity index (χ1n) is 7.05. The number of amides is 1. The maximum absolute atomic E-state index is 11.7. The molecule has 0 fully saturated rings. The van der Waals surface area contributed by atoms with E-state index in [4.69, 9.17) is 21.1 Å². The van der Waals surface area contributed by atoms with Gasteiger partial charge in [-0.3, -0.25) is 4.79 Å². The lowest BCUT2D eigenvalue weighted by Crippen LogP contribution is -2.23. The van der Waals surface area contributed by atoms with Gasteiger partial charge in [-0.2, -0.15) is 0 Å². The molecule has 0 spiro atoms. The molecule has 2 aromatic carbocycles. The smallest absolute Gasteiger partial charge is 0.344 e. The number of esters is 1. The van der Waals surface area contributed by atoms with Gasteiger partial charge in [-0.25, -0.2) is 4.79 Å². The molecular weight excluding hydrogens is 350 g/mol. The number of hydrogen-bond donors (Lipinski definition) is 1. The zero-order chi connectivity index (χ0) is 17.4. The van der Waals surface area contributed by atoms with E-state index >= 15 is 0 Å². The summed E-state index contributed by atoms with van der Waals surface area (Å²) in [4.78, 5) is 24.4. The normalized spacial score (nSPS) is 10.1. The molecule has 7 heteroatoms. The number of carbonyl (C=O) groups excluding carboxylic acids is 2. The predicted molar refractivity (Wildman–Crippen MR) is 94.8 cm³/mol. The molecule has 1 N–H and O–H groups in total. The molecule has 2 rings (SSSR count). The third-order valence-corrected chi connectivity index (χ3v) is 3.98. The number of halogens is 1. The fourth-order valence-corrected chi connectivity index (χ4v) is 2.36. The van der Waals surface area contributed by atoms with E-state index in [1.54, 1.807) is 48.2 Å². The minimum Gasteiger partial charge on any atom is -0.480 e. The fourth-order valence-electron chi connectivity index (χ4n) is 1.76. The second kappa shape index (κ2) is 9.20. The Bertz CT molecular complexity index is 706. The number of benzene rings is 2. The second-order valence-corrected chi connectivity index (χ2v) is 5.94. The lowest BCUT2D eigenvalue weighted by Gasteiger charge is -2.09.